The van der Waals surface area contributed by atoms with E-state index in [0.29, 0.717) is 12.1 Å². The van der Waals surface area contributed by atoms with E-state index in [1.807, 2.05) is 0 Å². The number of benzene rings is 1. The van der Waals surface area contributed by atoms with Gasteiger partial charge in [0.1, 0.15) is 0 Å². The van der Waals surface area contributed by atoms with Crippen molar-refractivity contribution in [3.63, 3.8) is 0 Å². The van der Waals surface area contributed by atoms with Crippen LogP contribution >= 0.6 is 12.6 Å². The van der Waals surface area contributed by atoms with Gasteiger partial charge in [-0.15, -0.1) is 0 Å². The third-order valence-corrected chi connectivity index (χ3v) is 4.51. The summed E-state index contributed by atoms with van der Waals surface area (Å²) >= 11 is 4.53. The highest BCUT2D eigenvalue weighted by Gasteiger charge is 2.30. The van der Waals surface area contributed by atoms with E-state index in [-0.39, 0.29) is 0 Å². The Morgan fingerprint density at radius 1 is 1.15 bits per heavy atom. The minimum Gasteiger partial charge on any atom is -0.312 e. The van der Waals surface area contributed by atoms with Crippen molar-refractivity contribution in [1.29, 1.82) is 0 Å². The Balaban J connectivity index is 2.27. The highest BCUT2D eigenvalue weighted by atomic mass is 32.1. The summed E-state index contributed by atoms with van der Waals surface area (Å²) < 4.78 is 0. The molecule has 1 aromatic carbocycles. The molecule has 1 aromatic rings. The number of fused-ring (bicyclic) bond motifs is 1. The van der Waals surface area contributed by atoms with Crippen molar-refractivity contribution < 1.29 is 0 Å². The van der Waals surface area contributed by atoms with Gasteiger partial charge in [0.05, 0.1) is 0 Å². The Morgan fingerprint density at radius 3 is 2.60 bits per heavy atom. The fourth-order valence-electron chi connectivity index (χ4n) is 3.19. The first kappa shape index (κ1) is 15.9. The monoisotopic (exact) mass is 292 g/mol. The van der Waals surface area contributed by atoms with E-state index in [4.69, 9.17) is 0 Å². The Labute approximate surface area is 129 Å². The molecular formula is C17H28N2S. The summed E-state index contributed by atoms with van der Waals surface area (Å²) in [5.74, 6) is 0.827. The summed E-state index contributed by atoms with van der Waals surface area (Å²) in [5.41, 5.74) is 4.41. The van der Waals surface area contributed by atoms with Crippen molar-refractivity contribution in [3.05, 3.63) is 34.9 Å². The van der Waals surface area contributed by atoms with E-state index >= 15 is 0 Å². The van der Waals surface area contributed by atoms with Crippen molar-refractivity contribution in [3.8, 4) is 0 Å². The molecule has 0 radical (unpaired) electrons. The molecule has 2 unspecified atom stereocenters. The fourth-order valence-corrected chi connectivity index (χ4v) is 3.47. The van der Waals surface area contributed by atoms with Gasteiger partial charge in [-0.2, -0.15) is 12.6 Å². The van der Waals surface area contributed by atoms with Crippen molar-refractivity contribution in [1.82, 2.24) is 10.6 Å². The van der Waals surface area contributed by atoms with Crippen LogP contribution in [0.3, 0.4) is 0 Å². The second-order valence-electron chi connectivity index (χ2n) is 5.68. The van der Waals surface area contributed by atoms with Crippen LogP contribution in [0.5, 0.6) is 0 Å². The maximum atomic E-state index is 4.53. The Morgan fingerprint density at radius 2 is 1.90 bits per heavy atom. The lowest BCUT2D eigenvalue weighted by Crippen LogP contribution is -2.45. The van der Waals surface area contributed by atoms with E-state index in [9.17, 15) is 0 Å². The first-order valence-electron chi connectivity index (χ1n) is 8.00. The van der Waals surface area contributed by atoms with Gasteiger partial charge in [-0.05, 0) is 55.5 Å². The minimum absolute atomic E-state index is 0.439. The highest BCUT2D eigenvalue weighted by Crippen LogP contribution is 2.33. The third kappa shape index (κ3) is 3.57. The maximum Gasteiger partial charge on any atom is 0.0481 e. The molecule has 20 heavy (non-hydrogen) atoms. The average molecular weight is 292 g/mol. The number of hydrogen-bond donors (Lipinski definition) is 3. The van der Waals surface area contributed by atoms with E-state index in [2.05, 4.69) is 55.3 Å². The van der Waals surface area contributed by atoms with Gasteiger partial charge < -0.3 is 10.6 Å². The SMILES string of the molecule is CCCNC1CCc2cccc(CS)c2C1NCCC. The van der Waals surface area contributed by atoms with Gasteiger partial charge in [-0.25, -0.2) is 0 Å². The highest BCUT2D eigenvalue weighted by molar-refractivity contribution is 7.79. The number of aryl methyl sites for hydroxylation is 1. The van der Waals surface area contributed by atoms with Crippen LogP contribution in [-0.2, 0) is 12.2 Å². The summed E-state index contributed by atoms with van der Waals surface area (Å²) in [5, 5.41) is 7.50. The lowest BCUT2D eigenvalue weighted by Gasteiger charge is -2.36. The van der Waals surface area contributed by atoms with Crippen molar-refractivity contribution in [2.45, 2.75) is 57.4 Å². The smallest absolute Gasteiger partial charge is 0.0481 e. The Hall–Kier alpha value is -0.510. The molecular weight excluding hydrogens is 264 g/mol. The predicted octanol–water partition coefficient (Wildman–Crippen LogP) is 3.47. The minimum atomic E-state index is 0.439. The summed E-state index contributed by atoms with van der Waals surface area (Å²) in [4.78, 5) is 0. The topological polar surface area (TPSA) is 24.1 Å². The van der Waals surface area contributed by atoms with E-state index in [1.165, 1.54) is 42.4 Å². The van der Waals surface area contributed by atoms with Gasteiger partial charge in [0.25, 0.3) is 0 Å². The first-order valence-corrected chi connectivity index (χ1v) is 8.63. The molecule has 2 nitrogen and oxygen atoms in total. The summed E-state index contributed by atoms with van der Waals surface area (Å²) in [6.45, 7) is 6.65. The van der Waals surface area contributed by atoms with Crippen LogP contribution in [0.4, 0.5) is 0 Å². The van der Waals surface area contributed by atoms with Gasteiger partial charge in [-0.1, -0.05) is 32.0 Å². The van der Waals surface area contributed by atoms with Crippen molar-refractivity contribution >= 4 is 12.6 Å². The lowest BCUT2D eigenvalue weighted by molar-refractivity contribution is 0.339. The van der Waals surface area contributed by atoms with Crippen LogP contribution in [0.2, 0.25) is 0 Å². The largest absolute Gasteiger partial charge is 0.312 e. The van der Waals surface area contributed by atoms with Crippen LogP contribution in [0.1, 0.15) is 55.8 Å². The zero-order chi connectivity index (χ0) is 14.4. The summed E-state index contributed by atoms with van der Waals surface area (Å²) in [6, 6.07) is 7.69. The summed E-state index contributed by atoms with van der Waals surface area (Å²) in [6.07, 6.45) is 4.78. The van der Waals surface area contributed by atoms with E-state index < -0.39 is 0 Å². The number of nitrogens with one attached hydrogen (secondary N) is 2. The van der Waals surface area contributed by atoms with Crippen LogP contribution in [0.25, 0.3) is 0 Å². The van der Waals surface area contributed by atoms with Crippen molar-refractivity contribution in [2.75, 3.05) is 13.1 Å². The second kappa shape index (κ2) is 8.06. The van der Waals surface area contributed by atoms with Crippen LogP contribution in [0.15, 0.2) is 18.2 Å². The van der Waals surface area contributed by atoms with Gasteiger partial charge in [-0.3, -0.25) is 0 Å². The van der Waals surface area contributed by atoms with Crippen molar-refractivity contribution in [2.24, 2.45) is 0 Å². The molecule has 0 amide bonds. The molecule has 0 heterocycles. The standard InChI is InChI=1S/C17H28N2S/c1-3-10-18-15-9-8-13-6-5-7-14(12-20)16(13)17(15)19-11-4-2/h5-7,15,17-20H,3-4,8-12H2,1-2H3. The van der Waals surface area contributed by atoms with Gasteiger partial charge in [0.2, 0.25) is 0 Å². The normalized spacial score (nSPS) is 21.8. The molecule has 0 saturated heterocycles. The molecule has 0 aliphatic heterocycles. The van der Waals surface area contributed by atoms with Gasteiger partial charge in [0, 0.05) is 17.8 Å². The zero-order valence-electron chi connectivity index (χ0n) is 12.8. The number of hydrogen-bond acceptors (Lipinski definition) is 3. The Kier molecular flexibility index (Phi) is 6.40. The molecule has 0 saturated carbocycles. The molecule has 0 bridgehead atoms. The quantitative estimate of drug-likeness (QED) is 0.670. The summed E-state index contributed by atoms with van der Waals surface area (Å²) in [7, 11) is 0. The number of rotatable bonds is 7. The second-order valence-corrected chi connectivity index (χ2v) is 6.00. The molecule has 2 rings (SSSR count). The van der Waals surface area contributed by atoms with Crippen LogP contribution in [-0.4, -0.2) is 19.1 Å². The van der Waals surface area contributed by atoms with Crippen LogP contribution < -0.4 is 10.6 Å². The third-order valence-electron chi connectivity index (χ3n) is 4.17. The van der Waals surface area contributed by atoms with Crippen LogP contribution in [0, 0.1) is 0 Å². The molecule has 2 atom stereocenters. The Bertz CT molecular complexity index is 405. The van der Waals surface area contributed by atoms with E-state index in [1.54, 1.807) is 0 Å². The molecule has 0 aromatic heterocycles. The molecule has 1 aliphatic carbocycles. The molecule has 2 N–H and O–H groups in total. The maximum absolute atomic E-state index is 4.53. The zero-order valence-corrected chi connectivity index (χ0v) is 13.7. The van der Waals surface area contributed by atoms with Gasteiger partial charge >= 0.3 is 0 Å². The number of thiol groups is 1. The molecule has 0 fully saturated rings. The van der Waals surface area contributed by atoms with E-state index in [0.717, 1.165) is 18.8 Å². The molecule has 3 heteroatoms. The average Bonchev–Trinajstić information content (AvgIpc) is 2.50. The molecule has 0 spiro atoms. The molecule has 1 aliphatic rings. The predicted molar refractivity (Wildman–Crippen MR) is 90.6 cm³/mol. The van der Waals surface area contributed by atoms with Gasteiger partial charge in [0.15, 0.2) is 0 Å². The molecule has 112 valence electrons. The lowest BCUT2D eigenvalue weighted by atomic mass is 9.81. The fraction of sp³-hybridized carbons (Fsp3) is 0.647. The first-order chi connectivity index (χ1) is 9.81.